The fraction of sp³-hybridized carbons (Fsp3) is 0.696. The van der Waals surface area contributed by atoms with E-state index in [9.17, 15) is 9.90 Å². The summed E-state index contributed by atoms with van der Waals surface area (Å²) in [7, 11) is -0.477. The Morgan fingerprint density at radius 2 is 1.80 bits per heavy atom. The molecule has 30 heavy (non-hydrogen) atoms. The van der Waals surface area contributed by atoms with Gasteiger partial charge in [-0.1, -0.05) is 19.9 Å². The van der Waals surface area contributed by atoms with E-state index >= 15 is 0 Å². The van der Waals surface area contributed by atoms with E-state index in [1.165, 1.54) is 0 Å². The lowest BCUT2D eigenvalue weighted by molar-refractivity contribution is 0.00578. The number of hydrogen-bond acceptors (Lipinski definition) is 4. The number of amides is 2. The van der Waals surface area contributed by atoms with Gasteiger partial charge in [0.15, 0.2) is 0 Å². The van der Waals surface area contributed by atoms with Crippen LogP contribution in [-0.4, -0.2) is 53.6 Å². The number of nitrogens with zero attached hydrogens (tertiary/aromatic N) is 1. The van der Waals surface area contributed by atoms with Crippen LogP contribution in [0.5, 0.6) is 0 Å². The summed E-state index contributed by atoms with van der Waals surface area (Å²) in [6.07, 6.45) is 0.456. The quantitative estimate of drug-likeness (QED) is 0.738. The summed E-state index contributed by atoms with van der Waals surface area (Å²) in [6.45, 7) is 17.4. The molecule has 0 radical (unpaired) electrons. The second-order valence-corrected chi connectivity index (χ2v) is 10.4. The molecule has 2 atom stereocenters. The van der Waals surface area contributed by atoms with E-state index in [0.29, 0.717) is 19.0 Å². The van der Waals surface area contributed by atoms with Crippen molar-refractivity contribution in [2.45, 2.75) is 79.1 Å². The molecule has 0 aromatic heterocycles. The molecular formula is C23H37BN2O4. The Hall–Kier alpha value is -1.57. The predicted octanol–water partition coefficient (Wildman–Crippen LogP) is 3.47. The van der Waals surface area contributed by atoms with E-state index in [4.69, 9.17) is 9.31 Å². The highest BCUT2D eigenvalue weighted by Gasteiger charge is 2.52. The normalized spacial score (nSPS) is 25.3. The highest BCUT2D eigenvalue weighted by Crippen LogP contribution is 2.37. The summed E-state index contributed by atoms with van der Waals surface area (Å²) in [5.41, 5.74) is 2.81. The van der Waals surface area contributed by atoms with E-state index in [0.717, 1.165) is 28.7 Å². The number of β-amino-alcohol motifs (C(OH)–C–C–N with tert-alkyl or cyclic N) is 1. The summed E-state index contributed by atoms with van der Waals surface area (Å²) in [5.74, 6) is 0.629. The van der Waals surface area contributed by atoms with Gasteiger partial charge in [0.25, 0.3) is 0 Å². The predicted molar refractivity (Wildman–Crippen MR) is 121 cm³/mol. The van der Waals surface area contributed by atoms with Crippen LogP contribution in [0, 0.1) is 25.7 Å². The number of nitrogens with one attached hydrogen (secondary N) is 1. The van der Waals surface area contributed by atoms with Crippen molar-refractivity contribution in [3.63, 3.8) is 0 Å². The van der Waals surface area contributed by atoms with Crippen LogP contribution >= 0.6 is 0 Å². The summed E-state index contributed by atoms with van der Waals surface area (Å²) in [6, 6.07) is 3.86. The highest BCUT2D eigenvalue weighted by atomic mass is 16.7. The van der Waals surface area contributed by atoms with Gasteiger partial charge in [0.05, 0.1) is 17.3 Å². The van der Waals surface area contributed by atoms with Gasteiger partial charge in [-0.25, -0.2) is 4.79 Å². The fourth-order valence-electron chi connectivity index (χ4n) is 4.28. The van der Waals surface area contributed by atoms with Crippen LogP contribution in [0.1, 0.15) is 59.1 Å². The molecule has 2 amide bonds. The van der Waals surface area contributed by atoms with Crippen molar-refractivity contribution >= 4 is 24.3 Å². The van der Waals surface area contributed by atoms with Crippen LogP contribution in [0.25, 0.3) is 0 Å². The van der Waals surface area contributed by atoms with Crippen molar-refractivity contribution in [2.75, 3.05) is 18.4 Å². The number of carbonyl (C=O) groups excluding carboxylic acids is 1. The number of aliphatic hydroxyl groups excluding tert-OH is 1. The van der Waals surface area contributed by atoms with Crippen molar-refractivity contribution in [3.05, 3.63) is 23.3 Å². The standard InChI is InChI=1S/C23H37BN2O4/c1-14(2)9-17-12-26(13-20(17)27)21(28)25-19-11-15(3)10-18(16(19)4)24-29-22(5,6)23(7,8)30-24/h10-11,14,17,20,27H,9,12-13H2,1-8H3,(H,25,28). The lowest BCUT2D eigenvalue weighted by Crippen LogP contribution is -2.41. The lowest BCUT2D eigenvalue weighted by Gasteiger charge is -2.32. The minimum absolute atomic E-state index is 0.134. The minimum atomic E-state index is -0.477. The Labute approximate surface area is 181 Å². The van der Waals surface area contributed by atoms with Crippen LogP contribution in [0.3, 0.4) is 0 Å². The van der Waals surface area contributed by atoms with E-state index in [1.54, 1.807) is 4.90 Å². The molecular weight excluding hydrogens is 379 g/mol. The maximum atomic E-state index is 12.9. The molecule has 2 fully saturated rings. The van der Waals surface area contributed by atoms with Crippen molar-refractivity contribution in [1.29, 1.82) is 0 Å². The first-order valence-electron chi connectivity index (χ1n) is 11.0. The largest absolute Gasteiger partial charge is 0.495 e. The Morgan fingerprint density at radius 3 is 2.37 bits per heavy atom. The second kappa shape index (κ2) is 8.17. The molecule has 2 saturated heterocycles. The molecule has 0 aliphatic carbocycles. The van der Waals surface area contributed by atoms with Gasteiger partial charge in [-0.3, -0.25) is 0 Å². The summed E-state index contributed by atoms with van der Waals surface area (Å²) in [5, 5.41) is 13.4. The smallest absolute Gasteiger partial charge is 0.399 e. The molecule has 2 unspecified atom stereocenters. The second-order valence-electron chi connectivity index (χ2n) is 10.4. The van der Waals surface area contributed by atoms with Crippen LogP contribution < -0.4 is 10.8 Å². The number of hydrogen-bond donors (Lipinski definition) is 2. The maximum absolute atomic E-state index is 12.9. The van der Waals surface area contributed by atoms with Gasteiger partial charge < -0.3 is 24.6 Å². The molecule has 3 rings (SSSR count). The van der Waals surface area contributed by atoms with Gasteiger partial charge in [0.1, 0.15) is 0 Å². The molecule has 2 heterocycles. The van der Waals surface area contributed by atoms with Gasteiger partial charge in [-0.15, -0.1) is 0 Å². The molecule has 2 N–H and O–H groups in total. The number of carbonyl (C=O) groups is 1. The van der Waals surface area contributed by atoms with E-state index in [1.807, 2.05) is 47.6 Å². The van der Waals surface area contributed by atoms with Gasteiger partial charge in [-0.05, 0) is 76.5 Å². The Balaban J connectivity index is 1.77. The third kappa shape index (κ3) is 4.53. The maximum Gasteiger partial charge on any atom is 0.495 e. The molecule has 0 bridgehead atoms. The minimum Gasteiger partial charge on any atom is -0.399 e. The zero-order valence-corrected chi connectivity index (χ0v) is 19.7. The number of likely N-dealkylation sites (tertiary alicyclic amines) is 1. The number of aliphatic hydroxyl groups is 1. The molecule has 1 aromatic rings. The Bertz CT molecular complexity index is 793. The fourth-order valence-corrected chi connectivity index (χ4v) is 4.28. The molecule has 0 saturated carbocycles. The Kier molecular flexibility index (Phi) is 6.29. The molecule has 6 nitrogen and oxygen atoms in total. The third-order valence-electron chi connectivity index (χ3n) is 6.81. The zero-order valence-electron chi connectivity index (χ0n) is 19.7. The average Bonchev–Trinajstić information content (AvgIpc) is 3.06. The SMILES string of the molecule is Cc1cc(NC(=O)N2CC(O)C(CC(C)C)C2)c(C)c(B2OC(C)(C)C(C)(C)O2)c1. The van der Waals surface area contributed by atoms with E-state index in [2.05, 4.69) is 25.2 Å². The number of urea groups is 1. The molecule has 1 aromatic carbocycles. The number of benzene rings is 1. The van der Waals surface area contributed by atoms with Crippen molar-refractivity contribution in [1.82, 2.24) is 4.90 Å². The summed E-state index contributed by atoms with van der Waals surface area (Å²) >= 11 is 0. The van der Waals surface area contributed by atoms with Gasteiger partial charge in [0, 0.05) is 24.7 Å². The van der Waals surface area contributed by atoms with Crippen molar-refractivity contribution < 1.29 is 19.2 Å². The van der Waals surface area contributed by atoms with Crippen LogP contribution in [0.15, 0.2) is 12.1 Å². The monoisotopic (exact) mass is 416 g/mol. The molecule has 2 aliphatic heterocycles. The first kappa shape index (κ1) is 23.1. The molecule has 166 valence electrons. The number of aryl methyl sites for hydroxylation is 1. The van der Waals surface area contributed by atoms with Crippen LogP contribution in [0.4, 0.5) is 10.5 Å². The molecule has 7 heteroatoms. The zero-order chi connectivity index (χ0) is 22.4. The first-order valence-corrected chi connectivity index (χ1v) is 11.0. The summed E-state index contributed by atoms with van der Waals surface area (Å²) in [4.78, 5) is 14.7. The molecule has 0 spiro atoms. The van der Waals surface area contributed by atoms with Gasteiger partial charge in [-0.2, -0.15) is 0 Å². The van der Waals surface area contributed by atoms with E-state index in [-0.39, 0.29) is 11.9 Å². The average molecular weight is 416 g/mol. The topological polar surface area (TPSA) is 71.0 Å². The third-order valence-corrected chi connectivity index (χ3v) is 6.81. The van der Waals surface area contributed by atoms with Gasteiger partial charge >= 0.3 is 13.1 Å². The van der Waals surface area contributed by atoms with Crippen molar-refractivity contribution in [2.24, 2.45) is 11.8 Å². The van der Waals surface area contributed by atoms with E-state index < -0.39 is 24.4 Å². The lowest BCUT2D eigenvalue weighted by atomic mass is 9.75. The Morgan fingerprint density at radius 1 is 1.20 bits per heavy atom. The van der Waals surface area contributed by atoms with Crippen molar-refractivity contribution in [3.8, 4) is 0 Å². The number of anilines is 1. The number of rotatable bonds is 4. The van der Waals surface area contributed by atoms with Gasteiger partial charge in [0.2, 0.25) is 0 Å². The van der Waals surface area contributed by atoms with Crippen LogP contribution in [-0.2, 0) is 9.31 Å². The van der Waals surface area contributed by atoms with Crippen LogP contribution in [0.2, 0.25) is 0 Å². The first-order chi connectivity index (χ1) is 13.8. The summed E-state index contributed by atoms with van der Waals surface area (Å²) < 4.78 is 12.5. The highest BCUT2D eigenvalue weighted by molar-refractivity contribution is 6.62. The molecule has 2 aliphatic rings.